The second-order valence-electron chi connectivity index (χ2n) is 6.26. The monoisotopic (exact) mass is 258 g/mol. The van der Waals surface area contributed by atoms with Crippen molar-refractivity contribution in [3.05, 3.63) is 40.3 Å². The Bertz CT molecular complexity index is 352. The van der Waals surface area contributed by atoms with Crippen LogP contribution in [0.1, 0.15) is 40.2 Å². The molecule has 0 saturated heterocycles. The van der Waals surface area contributed by atoms with Crippen molar-refractivity contribution in [1.82, 2.24) is 0 Å². The molecular weight excluding hydrogens is 231 g/mol. The van der Waals surface area contributed by atoms with Crippen LogP contribution in [0.15, 0.2) is 34.8 Å². The van der Waals surface area contributed by atoms with Crippen molar-refractivity contribution in [3.63, 3.8) is 0 Å². The van der Waals surface area contributed by atoms with Gasteiger partial charge in [0, 0.05) is 0 Å². The number of rotatable bonds is 6. The minimum Gasteiger partial charge on any atom is -0.133 e. The summed E-state index contributed by atoms with van der Waals surface area (Å²) in [6.45, 7) is 11.8. The van der Waals surface area contributed by atoms with Gasteiger partial charge >= 0.3 is 0 Å². The predicted molar refractivity (Wildman–Crippen MR) is 85.1 cm³/mol. The average Bonchev–Trinajstić information content (AvgIpc) is 2.28. The summed E-state index contributed by atoms with van der Waals surface area (Å²) in [7, 11) is 0. The van der Waals surface area contributed by atoms with E-state index < -0.39 is 14.1 Å². The van der Waals surface area contributed by atoms with E-state index in [1.165, 1.54) is 16.1 Å². The standard InChI is InChI=1S/C9H9.2C4H9.Al/c1-2-6-9-7-4-3-5-8-9;2*1-4(2)3;/h3-8H,1H3;2*4H,1H2,2-3H3;. The lowest BCUT2D eigenvalue weighted by atomic mass is 10.2. The van der Waals surface area contributed by atoms with Crippen LogP contribution in [0.5, 0.6) is 0 Å². The summed E-state index contributed by atoms with van der Waals surface area (Å²) >= 11 is -0.752. The molecule has 0 nitrogen and oxygen atoms in total. The lowest BCUT2D eigenvalue weighted by Gasteiger charge is -2.17. The van der Waals surface area contributed by atoms with Gasteiger partial charge in [-0.2, -0.15) is 0 Å². The quantitative estimate of drug-likeness (QED) is 0.596. The summed E-state index contributed by atoms with van der Waals surface area (Å²) in [6.07, 6.45) is 2.42. The maximum absolute atomic E-state index is 2.42. The minimum atomic E-state index is -0.752. The number of allylic oxidation sites excluding steroid dienone is 1. The molecule has 1 aromatic rings. The largest absolute Gasteiger partial charge is 0.299 e. The first kappa shape index (κ1) is 15.5. The van der Waals surface area contributed by atoms with E-state index >= 15 is 0 Å². The van der Waals surface area contributed by atoms with Gasteiger partial charge in [-0.3, -0.25) is 0 Å². The van der Waals surface area contributed by atoms with Crippen LogP contribution in [0.25, 0.3) is 6.08 Å². The van der Waals surface area contributed by atoms with Gasteiger partial charge in [0.1, 0.15) is 0 Å². The molecule has 1 heteroatoms. The summed E-state index contributed by atoms with van der Waals surface area (Å²) in [5, 5.41) is 2.88. The first-order valence-electron chi connectivity index (χ1n) is 7.22. The van der Waals surface area contributed by atoms with E-state index in [4.69, 9.17) is 0 Å². The van der Waals surface area contributed by atoms with Gasteiger partial charge in [-0.05, 0) is 5.56 Å². The van der Waals surface area contributed by atoms with E-state index in [9.17, 15) is 0 Å². The molecule has 0 heterocycles. The van der Waals surface area contributed by atoms with Gasteiger partial charge in [0.2, 0.25) is 0 Å². The van der Waals surface area contributed by atoms with Crippen LogP contribution in [0.4, 0.5) is 0 Å². The van der Waals surface area contributed by atoms with Crippen molar-refractivity contribution in [3.8, 4) is 0 Å². The van der Waals surface area contributed by atoms with Gasteiger partial charge in [0.25, 0.3) is 14.1 Å². The van der Waals surface area contributed by atoms with Crippen molar-refractivity contribution >= 4 is 20.2 Å². The molecule has 0 amide bonds. The maximum Gasteiger partial charge on any atom is 0.299 e. The predicted octanol–water partition coefficient (Wildman–Crippen LogP) is 5.44. The summed E-state index contributed by atoms with van der Waals surface area (Å²) in [4.78, 5) is 0. The zero-order chi connectivity index (χ0) is 13.5. The molecule has 0 radical (unpaired) electrons. The Balaban J connectivity index is 2.80. The summed E-state index contributed by atoms with van der Waals surface area (Å²) in [5.74, 6) is 1.67. The van der Waals surface area contributed by atoms with Crippen LogP contribution >= 0.6 is 0 Å². The number of benzene rings is 1. The van der Waals surface area contributed by atoms with Crippen molar-refractivity contribution in [1.29, 1.82) is 0 Å². The molecule has 0 bridgehead atoms. The van der Waals surface area contributed by atoms with Crippen molar-refractivity contribution in [2.75, 3.05) is 0 Å². The van der Waals surface area contributed by atoms with Gasteiger partial charge in [-0.25, -0.2) is 0 Å². The van der Waals surface area contributed by atoms with Crippen molar-refractivity contribution in [2.45, 2.75) is 45.2 Å². The molecule has 1 aromatic carbocycles. The molecule has 0 saturated carbocycles. The lowest BCUT2D eigenvalue weighted by Crippen LogP contribution is -2.19. The highest BCUT2D eigenvalue weighted by Gasteiger charge is 2.21. The van der Waals surface area contributed by atoms with Crippen LogP contribution in [0, 0.1) is 11.8 Å². The molecule has 0 spiro atoms. The van der Waals surface area contributed by atoms with E-state index in [-0.39, 0.29) is 0 Å². The highest BCUT2D eigenvalue weighted by Crippen LogP contribution is 2.22. The fourth-order valence-corrected chi connectivity index (χ4v) is 6.18. The average molecular weight is 258 g/mol. The molecule has 0 aliphatic rings. The Hall–Kier alpha value is -0.508. The molecule has 0 aliphatic heterocycles. The van der Waals surface area contributed by atoms with Gasteiger partial charge in [0.05, 0.1) is 0 Å². The molecule has 0 aromatic heterocycles. The third-order valence-corrected chi connectivity index (χ3v) is 7.83. The molecular formula is C17H27Al. The SMILES string of the molecule is C/[C](=C\c1ccccc1)[Al]([CH2]C(C)C)[CH2]C(C)C. The second kappa shape index (κ2) is 7.82. The van der Waals surface area contributed by atoms with Crippen molar-refractivity contribution < 1.29 is 0 Å². The summed E-state index contributed by atoms with van der Waals surface area (Å²) < 4.78 is 1.67. The van der Waals surface area contributed by atoms with Gasteiger partial charge in [0.15, 0.2) is 0 Å². The smallest absolute Gasteiger partial charge is 0.133 e. The molecule has 0 fully saturated rings. The Morgan fingerprint density at radius 2 is 1.50 bits per heavy atom. The van der Waals surface area contributed by atoms with Gasteiger partial charge < -0.3 is 0 Å². The molecule has 18 heavy (non-hydrogen) atoms. The molecule has 98 valence electrons. The Kier molecular flexibility index (Phi) is 6.76. The van der Waals surface area contributed by atoms with E-state index in [1.807, 2.05) is 0 Å². The third kappa shape index (κ3) is 5.90. The Morgan fingerprint density at radius 3 is 1.94 bits per heavy atom. The van der Waals surface area contributed by atoms with Gasteiger partial charge in [-0.1, -0.05) is 93.4 Å². The maximum atomic E-state index is 2.42. The Morgan fingerprint density at radius 1 is 1.00 bits per heavy atom. The van der Waals surface area contributed by atoms with E-state index in [0.29, 0.717) is 0 Å². The first-order chi connectivity index (χ1) is 8.49. The Labute approximate surface area is 118 Å². The second-order valence-corrected chi connectivity index (χ2v) is 9.50. The third-order valence-electron chi connectivity index (χ3n) is 3.35. The fraction of sp³-hybridized carbons (Fsp3) is 0.529. The number of hydrogen-bond donors (Lipinski definition) is 0. The first-order valence-corrected chi connectivity index (χ1v) is 9.43. The summed E-state index contributed by atoms with van der Waals surface area (Å²) in [6, 6.07) is 10.8. The van der Waals surface area contributed by atoms with E-state index in [0.717, 1.165) is 11.8 Å². The summed E-state index contributed by atoms with van der Waals surface area (Å²) in [5.41, 5.74) is 1.36. The van der Waals surface area contributed by atoms with Crippen LogP contribution in [0.2, 0.25) is 10.6 Å². The van der Waals surface area contributed by atoms with Gasteiger partial charge in [-0.15, -0.1) is 4.44 Å². The van der Waals surface area contributed by atoms with E-state index in [2.05, 4.69) is 71.0 Å². The van der Waals surface area contributed by atoms with E-state index in [1.54, 1.807) is 4.44 Å². The zero-order valence-electron chi connectivity index (χ0n) is 12.6. The zero-order valence-corrected chi connectivity index (χ0v) is 13.8. The topological polar surface area (TPSA) is 0 Å². The normalized spacial score (nSPS) is 12.3. The molecule has 0 atom stereocenters. The minimum absolute atomic E-state index is 0.752. The van der Waals surface area contributed by atoms with Crippen molar-refractivity contribution in [2.24, 2.45) is 11.8 Å². The molecule has 0 N–H and O–H groups in total. The van der Waals surface area contributed by atoms with Crippen LogP contribution < -0.4 is 0 Å². The molecule has 0 aliphatic carbocycles. The molecule has 0 unspecified atom stereocenters. The lowest BCUT2D eigenvalue weighted by molar-refractivity contribution is 0.692. The van der Waals surface area contributed by atoms with Crippen LogP contribution in [0.3, 0.4) is 0 Å². The number of hydrogen-bond acceptors (Lipinski definition) is 0. The highest BCUT2D eigenvalue weighted by molar-refractivity contribution is 6.67. The highest BCUT2D eigenvalue weighted by atomic mass is 27.2. The van der Waals surface area contributed by atoms with Crippen LogP contribution in [-0.2, 0) is 0 Å². The van der Waals surface area contributed by atoms with Crippen LogP contribution in [-0.4, -0.2) is 14.1 Å². The molecule has 1 rings (SSSR count). The fourth-order valence-electron chi connectivity index (χ4n) is 2.54.